The zero-order valence-corrected chi connectivity index (χ0v) is 19.0. The van der Waals surface area contributed by atoms with Gasteiger partial charge >= 0.3 is 0 Å². The van der Waals surface area contributed by atoms with E-state index in [0.29, 0.717) is 37.5 Å². The normalized spacial score (nSPS) is 15.1. The van der Waals surface area contributed by atoms with Crippen LogP contribution >= 0.6 is 0 Å². The van der Waals surface area contributed by atoms with Crippen molar-refractivity contribution in [2.45, 2.75) is 24.2 Å². The molecule has 1 saturated heterocycles. The Balaban J connectivity index is 1.44. The third-order valence-corrected chi connectivity index (χ3v) is 7.95. The molecule has 3 aromatic carbocycles. The third kappa shape index (κ3) is 4.92. The van der Waals surface area contributed by atoms with Crippen LogP contribution in [0.25, 0.3) is 0 Å². The van der Waals surface area contributed by atoms with Crippen LogP contribution in [0.4, 0.5) is 0 Å². The van der Waals surface area contributed by atoms with Gasteiger partial charge in [0.1, 0.15) is 0 Å². The molecule has 0 aromatic heterocycles. The second-order valence-electron chi connectivity index (χ2n) is 8.18. The van der Waals surface area contributed by atoms with Crippen LogP contribution in [0.5, 0.6) is 0 Å². The number of rotatable bonds is 6. The highest BCUT2D eigenvalue weighted by Crippen LogP contribution is 2.29. The number of carbonyl (C=O) groups excluding carboxylic acids is 1. The Bertz CT molecular complexity index is 1100. The summed E-state index contributed by atoms with van der Waals surface area (Å²) in [6.45, 7) is 3.35. The Labute approximate surface area is 190 Å². The smallest absolute Gasteiger partial charge is 0.243 e. The topological polar surface area (TPSA) is 57.7 Å². The number of piperazine rings is 1. The molecule has 166 valence electrons. The lowest BCUT2D eigenvalue weighted by Gasteiger charge is -2.35. The number of aryl methyl sites for hydroxylation is 1. The SMILES string of the molecule is Cc1ccc(S(=O)(=O)N2CCN(C(=O)CC(c3ccccc3)c3ccccc3)CC2)cc1. The van der Waals surface area contributed by atoms with Crippen LogP contribution < -0.4 is 0 Å². The molecule has 1 fully saturated rings. The predicted octanol–water partition coefficient (Wildman–Crippen LogP) is 4.05. The lowest BCUT2D eigenvalue weighted by atomic mass is 9.88. The molecule has 0 spiro atoms. The fourth-order valence-electron chi connectivity index (χ4n) is 4.14. The highest BCUT2D eigenvalue weighted by molar-refractivity contribution is 7.89. The van der Waals surface area contributed by atoms with E-state index in [0.717, 1.165) is 16.7 Å². The van der Waals surface area contributed by atoms with Gasteiger partial charge in [0.05, 0.1) is 4.90 Å². The molecule has 1 heterocycles. The molecule has 5 nitrogen and oxygen atoms in total. The summed E-state index contributed by atoms with van der Waals surface area (Å²) >= 11 is 0. The minimum atomic E-state index is -3.54. The number of benzene rings is 3. The molecule has 0 unspecified atom stereocenters. The summed E-state index contributed by atoms with van der Waals surface area (Å²) in [5, 5.41) is 0. The minimum Gasteiger partial charge on any atom is -0.340 e. The van der Waals surface area contributed by atoms with Gasteiger partial charge < -0.3 is 4.90 Å². The largest absolute Gasteiger partial charge is 0.340 e. The molecular weight excluding hydrogens is 420 g/mol. The summed E-state index contributed by atoms with van der Waals surface area (Å²) in [5.41, 5.74) is 3.23. The van der Waals surface area contributed by atoms with E-state index in [1.165, 1.54) is 4.31 Å². The Morgan fingerprint density at radius 2 is 1.28 bits per heavy atom. The lowest BCUT2D eigenvalue weighted by molar-refractivity contribution is -0.132. The number of amides is 1. The van der Waals surface area contributed by atoms with Crippen molar-refractivity contribution in [1.82, 2.24) is 9.21 Å². The molecule has 1 amide bonds. The molecule has 3 aromatic rings. The second kappa shape index (κ2) is 9.67. The number of hydrogen-bond acceptors (Lipinski definition) is 3. The average molecular weight is 449 g/mol. The number of hydrogen-bond donors (Lipinski definition) is 0. The van der Waals surface area contributed by atoms with Crippen molar-refractivity contribution in [3.8, 4) is 0 Å². The van der Waals surface area contributed by atoms with E-state index in [9.17, 15) is 13.2 Å². The van der Waals surface area contributed by atoms with Gasteiger partial charge in [-0.1, -0.05) is 78.4 Å². The van der Waals surface area contributed by atoms with Gasteiger partial charge in [-0.25, -0.2) is 8.42 Å². The average Bonchev–Trinajstić information content (AvgIpc) is 2.84. The van der Waals surface area contributed by atoms with Gasteiger partial charge in [0.25, 0.3) is 0 Å². The predicted molar refractivity (Wildman–Crippen MR) is 126 cm³/mol. The number of nitrogens with zero attached hydrogens (tertiary/aromatic N) is 2. The first kappa shape index (κ1) is 22.2. The molecule has 0 atom stereocenters. The van der Waals surface area contributed by atoms with Crippen LogP contribution in [0.1, 0.15) is 29.0 Å². The van der Waals surface area contributed by atoms with Crippen molar-refractivity contribution in [2.24, 2.45) is 0 Å². The van der Waals surface area contributed by atoms with Crippen LogP contribution in [0.15, 0.2) is 89.8 Å². The summed E-state index contributed by atoms with van der Waals surface area (Å²) in [6, 6.07) is 27.0. The monoisotopic (exact) mass is 448 g/mol. The van der Waals surface area contributed by atoms with Crippen molar-refractivity contribution in [2.75, 3.05) is 26.2 Å². The van der Waals surface area contributed by atoms with E-state index < -0.39 is 10.0 Å². The van der Waals surface area contributed by atoms with Crippen LogP contribution in [-0.2, 0) is 14.8 Å². The molecule has 0 aliphatic carbocycles. The maximum absolute atomic E-state index is 13.2. The molecule has 0 saturated carbocycles. The van der Waals surface area contributed by atoms with Crippen molar-refractivity contribution in [3.63, 3.8) is 0 Å². The van der Waals surface area contributed by atoms with Gasteiger partial charge in [-0.2, -0.15) is 4.31 Å². The molecule has 4 rings (SSSR count). The molecular formula is C26H28N2O3S. The number of sulfonamides is 1. The standard InChI is InChI=1S/C26H28N2O3S/c1-21-12-14-24(15-13-21)32(30,31)28-18-16-27(17-19-28)26(29)20-25(22-8-4-2-5-9-22)23-10-6-3-7-11-23/h2-15,25H,16-20H2,1H3. The minimum absolute atomic E-state index is 0.0285. The molecule has 0 radical (unpaired) electrons. The van der Waals surface area contributed by atoms with E-state index in [2.05, 4.69) is 24.3 Å². The molecule has 0 bridgehead atoms. The zero-order valence-electron chi connectivity index (χ0n) is 18.2. The summed E-state index contributed by atoms with van der Waals surface area (Å²) in [4.78, 5) is 15.3. The van der Waals surface area contributed by atoms with Crippen LogP contribution in [0.3, 0.4) is 0 Å². The van der Waals surface area contributed by atoms with E-state index in [4.69, 9.17) is 0 Å². The third-order valence-electron chi connectivity index (χ3n) is 6.03. The zero-order chi connectivity index (χ0) is 22.6. The Kier molecular flexibility index (Phi) is 6.72. The van der Waals surface area contributed by atoms with Crippen LogP contribution in [0.2, 0.25) is 0 Å². The first-order valence-corrected chi connectivity index (χ1v) is 12.3. The van der Waals surface area contributed by atoms with Gasteiger partial charge in [-0.05, 0) is 30.2 Å². The maximum Gasteiger partial charge on any atom is 0.243 e. The highest BCUT2D eigenvalue weighted by Gasteiger charge is 2.31. The first-order chi connectivity index (χ1) is 15.4. The molecule has 32 heavy (non-hydrogen) atoms. The van der Waals surface area contributed by atoms with Crippen LogP contribution in [0, 0.1) is 6.92 Å². The molecule has 6 heteroatoms. The summed E-state index contributed by atoms with van der Waals surface area (Å²) in [6.07, 6.45) is 0.360. The van der Waals surface area contributed by atoms with Gasteiger partial charge in [-0.3, -0.25) is 4.79 Å². The number of carbonyl (C=O) groups is 1. The molecule has 0 N–H and O–H groups in total. The molecule has 1 aliphatic heterocycles. The van der Waals surface area contributed by atoms with Crippen molar-refractivity contribution >= 4 is 15.9 Å². The Morgan fingerprint density at radius 3 is 1.78 bits per heavy atom. The fraction of sp³-hybridized carbons (Fsp3) is 0.269. The van der Waals surface area contributed by atoms with E-state index >= 15 is 0 Å². The summed E-state index contributed by atoms with van der Waals surface area (Å²) < 4.78 is 27.4. The quantitative estimate of drug-likeness (QED) is 0.572. The first-order valence-electron chi connectivity index (χ1n) is 10.9. The fourth-order valence-corrected chi connectivity index (χ4v) is 5.56. The van der Waals surface area contributed by atoms with E-state index in [1.54, 1.807) is 29.2 Å². The maximum atomic E-state index is 13.2. The van der Waals surface area contributed by atoms with Crippen LogP contribution in [-0.4, -0.2) is 49.7 Å². The summed E-state index contributed by atoms with van der Waals surface area (Å²) in [5.74, 6) is 0.0225. The van der Waals surface area contributed by atoms with E-state index in [-0.39, 0.29) is 11.8 Å². The Morgan fingerprint density at radius 1 is 0.781 bits per heavy atom. The highest BCUT2D eigenvalue weighted by atomic mass is 32.2. The van der Waals surface area contributed by atoms with Gasteiger partial charge in [0.15, 0.2) is 0 Å². The summed E-state index contributed by atoms with van der Waals surface area (Å²) in [7, 11) is -3.54. The lowest BCUT2D eigenvalue weighted by Crippen LogP contribution is -2.50. The van der Waals surface area contributed by atoms with Crippen molar-refractivity contribution in [1.29, 1.82) is 0 Å². The molecule has 1 aliphatic rings. The van der Waals surface area contributed by atoms with Gasteiger partial charge in [0, 0.05) is 38.5 Å². The second-order valence-corrected chi connectivity index (χ2v) is 10.1. The van der Waals surface area contributed by atoms with Crippen molar-refractivity contribution < 1.29 is 13.2 Å². The van der Waals surface area contributed by atoms with Gasteiger partial charge in [0.2, 0.25) is 15.9 Å². The van der Waals surface area contributed by atoms with Crippen molar-refractivity contribution in [3.05, 3.63) is 102 Å². The Hall–Kier alpha value is -2.96. The van der Waals surface area contributed by atoms with Gasteiger partial charge in [-0.15, -0.1) is 0 Å². The van der Waals surface area contributed by atoms with E-state index in [1.807, 2.05) is 43.3 Å².